The number of nitrogens with one attached hydrogen (secondary N) is 1. The van der Waals surface area contributed by atoms with Gasteiger partial charge in [-0.2, -0.15) is 4.31 Å². The Morgan fingerprint density at radius 1 is 1.23 bits per heavy atom. The number of fused-ring (bicyclic) bond motifs is 1. The fraction of sp³-hybridized carbons (Fsp3) is 0.462. The van der Waals surface area contributed by atoms with E-state index in [0.29, 0.717) is 24.3 Å². The first kappa shape index (κ1) is 14.9. The van der Waals surface area contributed by atoms with Crippen LogP contribution in [0.15, 0.2) is 23.1 Å². The Labute approximate surface area is 127 Å². The summed E-state index contributed by atoms with van der Waals surface area (Å²) < 4.78 is 37.0. The van der Waals surface area contributed by atoms with Crippen LogP contribution >= 0.6 is 0 Å². The molecule has 2 heterocycles. The molecule has 2 N–H and O–H groups in total. The molecule has 1 amide bonds. The van der Waals surface area contributed by atoms with E-state index < -0.39 is 16.1 Å². The molecule has 22 heavy (non-hydrogen) atoms. The van der Waals surface area contributed by atoms with Gasteiger partial charge in [0, 0.05) is 25.2 Å². The zero-order valence-corrected chi connectivity index (χ0v) is 12.5. The maximum atomic E-state index is 12.6. The molecule has 0 unspecified atom stereocenters. The molecule has 0 aromatic heterocycles. The Morgan fingerprint density at radius 2 is 1.91 bits per heavy atom. The molecule has 0 bridgehead atoms. The van der Waals surface area contributed by atoms with Crippen molar-refractivity contribution in [3.05, 3.63) is 18.2 Å². The largest absolute Gasteiger partial charge is 0.465 e. The SMILES string of the molecule is O=C(O)NC1CCN(S(=O)(=O)c2ccc3c(c2)OCO3)CC1. The Bertz CT molecular complexity index is 682. The maximum absolute atomic E-state index is 12.6. The highest BCUT2D eigenvalue weighted by atomic mass is 32.2. The number of hydrogen-bond donors (Lipinski definition) is 2. The lowest BCUT2D eigenvalue weighted by atomic mass is 10.1. The molecule has 120 valence electrons. The standard InChI is InChI=1S/C13H16N2O6S/c16-13(17)14-9-3-5-15(6-4-9)22(18,19)10-1-2-11-12(7-10)21-8-20-11/h1-2,7,9,14H,3-6,8H2,(H,16,17). The number of hydrogen-bond acceptors (Lipinski definition) is 5. The van der Waals surface area contributed by atoms with Crippen molar-refractivity contribution in [3.63, 3.8) is 0 Å². The molecule has 3 rings (SSSR count). The van der Waals surface area contributed by atoms with Crippen molar-refractivity contribution in [1.29, 1.82) is 0 Å². The van der Waals surface area contributed by atoms with Gasteiger partial charge in [-0.25, -0.2) is 13.2 Å². The van der Waals surface area contributed by atoms with Gasteiger partial charge in [0.1, 0.15) is 0 Å². The number of nitrogens with zero attached hydrogens (tertiary/aromatic N) is 1. The van der Waals surface area contributed by atoms with Gasteiger partial charge in [-0.15, -0.1) is 0 Å². The quantitative estimate of drug-likeness (QED) is 0.852. The lowest BCUT2D eigenvalue weighted by molar-refractivity contribution is 0.173. The fourth-order valence-electron chi connectivity index (χ4n) is 2.60. The third-order valence-corrected chi connectivity index (χ3v) is 5.66. The summed E-state index contributed by atoms with van der Waals surface area (Å²) in [5, 5.41) is 11.1. The van der Waals surface area contributed by atoms with Crippen LogP contribution in [0, 0.1) is 0 Å². The Kier molecular flexibility index (Phi) is 3.83. The van der Waals surface area contributed by atoms with Crippen LogP contribution in [0.25, 0.3) is 0 Å². The summed E-state index contributed by atoms with van der Waals surface area (Å²) in [6.07, 6.45) is -0.177. The summed E-state index contributed by atoms with van der Waals surface area (Å²) in [5.41, 5.74) is 0. The Balaban J connectivity index is 1.73. The van der Waals surface area contributed by atoms with Gasteiger partial charge in [0.05, 0.1) is 4.90 Å². The van der Waals surface area contributed by atoms with Crippen LogP contribution in [0.2, 0.25) is 0 Å². The molecular weight excluding hydrogens is 312 g/mol. The van der Waals surface area contributed by atoms with E-state index in [1.807, 2.05) is 0 Å². The van der Waals surface area contributed by atoms with Gasteiger partial charge in [0.25, 0.3) is 0 Å². The van der Waals surface area contributed by atoms with Crippen molar-refractivity contribution >= 4 is 16.1 Å². The number of piperidine rings is 1. The topological polar surface area (TPSA) is 105 Å². The highest BCUT2D eigenvalue weighted by Crippen LogP contribution is 2.35. The first-order chi connectivity index (χ1) is 10.5. The van der Waals surface area contributed by atoms with Crippen molar-refractivity contribution in [1.82, 2.24) is 9.62 Å². The molecule has 0 aliphatic carbocycles. The second kappa shape index (κ2) is 5.65. The molecule has 2 aliphatic heterocycles. The van der Waals surface area contributed by atoms with Crippen molar-refractivity contribution in [3.8, 4) is 11.5 Å². The van der Waals surface area contributed by atoms with Crippen molar-refractivity contribution in [2.45, 2.75) is 23.8 Å². The van der Waals surface area contributed by atoms with Crippen LogP contribution in [0.3, 0.4) is 0 Å². The summed E-state index contributed by atoms with van der Waals surface area (Å²) in [4.78, 5) is 10.8. The van der Waals surface area contributed by atoms with Gasteiger partial charge in [-0.05, 0) is 25.0 Å². The average molecular weight is 328 g/mol. The van der Waals surface area contributed by atoms with Gasteiger partial charge < -0.3 is 19.9 Å². The van der Waals surface area contributed by atoms with E-state index in [4.69, 9.17) is 14.6 Å². The minimum absolute atomic E-state index is 0.0884. The van der Waals surface area contributed by atoms with Crippen molar-refractivity contribution < 1.29 is 27.8 Å². The Morgan fingerprint density at radius 3 is 2.59 bits per heavy atom. The highest BCUT2D eigenvalue weighted by Gasteiger charge is 2.31. The average Bonchev–Trinajstić information content (AvgIpc) is 2.94. The zero-order valence-electron chi connectivity index (χ0n) is 11.7. The molecule has 1 aromatic rings. The van der Waals surface area contributed by atoms with Crippen LogP contribution in [0.1, 0.15) is 12.8 Å². The molecular formula is C13H16N2O6S. The van der Waals surface area contributed by atoms with Crippen molar-refractivity contribution in [2.75, 3.05) is 19.9 Å². The van der Waals surface area contributed by atoms with E-state index in [1.54, 1.807) is 6.07 Å². The number of benzene rings is 1. The predicted molar refractivity (Wildman–Crippen MR) is 75.5 cm³/mol. The molecule has 9 heteroatoms. The number of ether oxygens (including phenoxy) is 2. The summed E-state index contributed by atoms with van der Waals surface area (Å²) in [6, 6.07) is 4.32. The highest BCUT2D eigenvalue weighted by molar-refractivity contribution is 7.89. The smallest absolute Gasteiger partial charge is 0.404 e. The zero-order chi connectivity index (χ0) is 15.7. The first-order valence-electron chi connectivity index (χ1n) is 6.86. The molecule has 1 saturated heterocycles. The summed E-state index contributed by atoms with van der Waals surface area (Å²) in [5.74, 6) is 0.951. The van der Waals surface area contributed by atoms with Crippen molar-refractivity contribution in [2.24, 2.45) is 0 Å². The van der Waals surface area contributed by atoms with E-state index >= 15 is 0 Å². The van der Waals surface area contributed by atoms with Crippen LogP contribution in [0.4, 0.5) is 4.79 Å². The van der Waals surface area contributed by atoms with Gasteiger partial charge >= 0.3 is 6.09 Å². The minimum atomic E-state index is -3.61. The first-order valence-corrected chi connectivity index (χ1v) is 8.30. The van der Waals surface area contributed by atoms with Gasteiger partial charge in [0.2, 0.25) is 16.8 Å². The number of sulfonamides is 1. The minimum Gasteiger partial charge on any atom is -0.465 e. The Hall–Kier alpha value is -2.00. The third-order valence-electron chi connectivity index (χ3n) is 3.76. The lowest BCUT2D eigenvalue weighted by Gasteiger charge is -2.31. The maximum Gasteiger partial charge on any atom is 0.404 e. The van der Waals surface area contributed by atoms with Crippen LogP contribution in [-0.2, 0) is 10.0 Å². The predicted octanol–water partition coefficient (Wildman–Crippen LogP) is 0.836. The molecule has 0 spiro atoms. The second-order valence-corrected chi connectivity index (χ2v) is 7.08. The van der Waals surface area contributed by atoms with Gasteiger partial charge in [0.15, 0.2) is 11.5 Å². The molecule has 1 aromatic carbocycles. The number of carboxylic acid groups (broad SMARTS) is 1. The summed E-state index contributed by atoms with van der Waals surface area (Å²) in [6.45, 7) is 0.647. The number of rotatable bonds is 3. The molecule has 0 saturated carbocycles. The third kappa shape index (κ3) is 2.81. The molecule has 0 radical (unpaired) electrons. The molecule has 8 nitrogen and oxygen atoms in total. The van der Waals surface area contributed by atoms with E-state index in [9.17, 15) is 13.2 Å². The van der Waals surface area contributed by atoms with Crippen LogP contribution < -0.4 is 14.8 Å². The molecule has 1 fully saturated rings. The number of carbonyl (C=O) groups is 1. The number of amides is 1. The molecule has 0 atom stereocenters. The summed E-state index contributed by atoms with van der Waals surface area (Å²) >= 11 is 0. The van der Waals surface area contributed by atoms with Gasteiger partial charge in [-0.1, -0.05) is 0 Å². The monoisotopic (exact) mass is 328 g/mol. The van der Waals surface area contributed by atoms with Crippen LogP contribution in [-0.4, -0.2) is 49.8 Å². The van der Waals surface area contributed by atoms with E-state index in [1.165, 1.54) is 16.4 Å². The van der Waals surface area contributed by atoms with E-state index in [2.05, 4.69) is 5.32 Å². The lowest BCUT2D eigenvalue weighted by Crippen LogP contribution is -2.46. The van der Waals surface area contributed by atoms with E-state index in [0.717, 1.165) is 0 Å². The van der Waals surface area contributed by atoms with E-state index in [-0.39, 0.29) is 30.8 Å². The second-order valence-electron chi connectivity index (χ2n) is 5.14. The molecule has 2 aliphatic rings. The normalized spacial score (nSPS) is 19.1. The van der Waals surface area contributed by atoms with Crippen LogP contribution in [0.5, 0.6) is 11.5 Å². The van der Waals surface area contributed by atoms with Gasteiger partial charge in [-0.3, -0.25) is 0 Å². The summed E-state index contributed by atoms with van der Waals surface area (Å²) in [7, 11) is -3.61. The fourth-order valence-corrected chi connectivity index (χ4v) is 4.09.